The lowest BCUT2D eigenvalue weighted by atomic mass is 9.98. The molecule has 0 radical (unpaired) electrons. The average molecular weight is 518 g/mol. The molecule has 1 aliphatic rings. The summed E-state index contributed by atoms with van der Waals surface area (Å²) < 4.78 is 10.7. The minimum Gasteiger partial charge on any atom is -0.493 e. The summed E-state index contributed by atoms with van der Waals surface area (Å²) in [6, 6.07) is 6.61. The first-order valence-corrected chi connectivity index (χ1v) is 10.3. The second-order valence-corrected chi connectivity index (χ2v) is 7.86. The molecule has 0 spiro atoms. The molecular weight excluding hydrogens is 479 g/mol. The Balaban J connectivity index is 0.00000420. The Labute approximate surface area is 194 Å². The lowest BCUT2D eigenvalue weighted by Crippen LogP contribution is -2.48. The lowest BCUT2D eigenvalue weighted by Gasteiger charge is -2.35. The second kappa shape index (κ2) is 13.2. The molecule has 0 bridgehead atoms. The van der Waals surface area contributed by atoms with Crippen LogP contribution in [0.5, 0.6) is 11.5 Å². The van der Waals surface area contributed by atoms with Crippen LogP contribution in [0.3, 0.4) is 0 Å². The van der Waals surface area contributed by atoms with E-state index in [1.54, 1.807) is 14.2 Å². The normalized spacial score (nSPS) is 16.7. The number of piperidine rings is 1. The average Bonchev–Trinajstić information content (AvgIpc) is 2.72. The van der Waals surface area contributed by atoms with Crippen LogP contribution in [0.15, 0.2) is 23.2 Å². The van der Waals surface area contributed by atoms with Crippen molar-refractivity contribution in [3.8, 4) is 11.5 Å². The van der Waals surface area contributed by atoms with Gasteiger partial charge in [-0.2, -0.15) is 0 Å². The van der Waals surface area contributed by atoms with Gasteiger partial charge in [-0.05, 0) is 62.9 Å². The van der Waals surface area contributed by atoms with E-state index in [9.17, 15) is 0 Å². The summed E-state index contributed by atoms with van der Waals surface area (Å²) in [5.74, 6) is 3.35. The van der Waals surface area contributed by atoms with Crippen LogP contribution < -0.4 is 14.8 Å². The Morgan fingerprint density at radius 3 is 2.48 bits per heavy atom. The monoisotopic (exact) mass is 518 g/mol. The number of methoxy groups -OCH3 is 2. The molecule has 1 N–H and O–H groups in total. The van der Waals surface area contributed by atoms with Crippen LogP contribution in [0.4, 0.5) is 0 Å². The smallest absolute Gasteiger partial charge is 0.193 e. The maximum absolute atomic E-state index is 5.40. The molecule has 1 atom stereocenters. The minimum absolute atomic E-state index is 0. The van der Waals surface area contributed by atoms with Crippen molar-refractivity contribution in [3.05, 3.63) is 23.8 Å². The summed E-state index contributed by atoms with van der Waals surface area (Å²) in [5.41, 5.74) is 1.22. The third-order valence-corrected chi connectivity index (χ3v) is 5.75. The van der Waals surface area contributed by atoms with Gasteiger partial charge in [0.05, 0.1) is 14.2 Å². The SMILES string of the molecule is CN=C(NCC(C)N1CCC(C)CC1)N(C)CCc1ccc(OC)c(OC)c1.I. The Hall–Kier alpha value is -1.22. The molecular formula is C22H39IN4O2. The molecule has 0 aliphatic carbocycles. The summed E-state index contributed by atoms with van der Waals surface area (Å²) in [6.07, 6.45) is 3.53. The van der Waals surface area contributed by atoms with Crippen LogP contribution in [0, 0.1) is 5.92 Å². The van der Waals surface area contributed by atoms with E-state index in [1.165, 1.54) is 31.5 Å². The molecule has 1 aliphatic heterocycles. The van der Waals surface area contributed by atoms with Gasteiger partial charge < -0.3 is 19.7 Å². The van der Waals surface area contributed by atoms with Crippen molar-refractivity contribution in [1.29, 1.82) is 0 Å². The molecule has 7 heteroatoms. The van der Waals surface area contributed by atoms with Crippen LogP contribution in [-0.4, -0.2) is 76.3 Å². The first-order chi connectivity index (χ1) is 13.5. The fraction of sp³-hybridized carbons (Fsp3) is 0.682. The van der Waals surface area contributed by atoms with Crippen molar-refractivity contribution >= 4 is 29.9 Å². The van der Waals surface area contributed by atoms with E-state index in [4.69, 9.17) is 9.47 Å². The Morgan fingerprint density at radius 1 is 1.24 bits per heavy atom. The number of likely N-dealkylation sites (tertiary alicyclic amines) is 1. The van der Waals surface area contributed by atoms with Crippen LogP contribution in [-0.2, 0) is 6.42 Å². The summed E-state index contributed by atoms with van der Waals surface area (Å²) >= 11 is 0. The van der Waals surface area contributed by atoms with E-state index >= 15 is 0 Å². The number of likely N-dealkylation sites (N-methyl/N-ethyl adjacent to an activating group) is 1. The van der Waals surface area contributed by atoms with E-state index in [2.05, 4.69) is 47.1 Å². The Bertz CT molecular complexity index is 633. The van der Waals surface area contributed by atoms with Crippen LogP contribution in [0.2, 0.25) is 0 Å². The van der Waals surface area contributed by atoms with Gasteiger partial charge in [0.25, 0.3) is 0 Å². The van der Waals surface area contributed by atoms with Crippen molar-refractivity contribution in [2.75, 3.05) is 54.5 Å². The Morgan fingerprint density at radius 2 is 1.90 bits per heavy atom. The van der Waals surface area contributed by atoms with Crippen molar-refractivity contribution in [1.82, 2.24) is 15.1 Å². The third-order valence-electron chi connectivity index (χ3n) is 5.75. The summed E-state index contributed by atoms with van der Waals surface area (Å²) in [5, 5.41) is 3.54. The van der Waals surface area contributed by atoms with Gasteiger partial charge in [-0.3, -0.25) is 9.89 Å². The van der Waals surface area contributed by atoms with Gasteiger partial charge in [0.1, 0.15) is 0 Å². The Kier molecular flexibility index (Phi) is 11.7. The van der Waals surface area contributed by atoms with Crippen molar-refractivity contribution in [2.45, 2.75) is 39.2 Å². The number of halogens is 1. The lowest BCUT2D eigenvalue weighted by molar-refractivity contribution is 0.147. The van der Waals surface area contributed by atoms with E-state index in [0.29, 0.717) is 6.04 Å². The molecule has 1 heterocycles. The van der Waals surface area contributed by atoms with Gasteiger partial charge in [0.15, 0.2) is 17.5 Å². The molecule has 0 saturated carbocycles. The highest BCUT2D eigenvalue weighted by Gasteiger charge is 2.20. The molecule has 6 nitrogen and oxygen atoms in total. The number of hydrogen-bond donors (Lipinski definition) is 1. The first-order valence-electron chi connectivity index (χ1n) is 10.3. The quantitative estimate of drug-likeness (QED) is 0.325. The van der Waals surface area contributed by atoms with Crippen molar-refractivity contribution < 1.29 is 9.47 Å². The number of nitrogens with one attached hydrogen (secondary N) is 1. The summed E-state index contributed by atoms with van der Waals surface area (Å²) in [4.78, 5) is 9.23. The standard InChI is InChI=1S/C22H38N4O2.HI/c1-17-9-13-26(14-10-17)18(2)16-24-22(23-3)25(4)12-11-19-7-8-20(27-5)21(15-19)28-6;/h7-8,15,17-18H,9-14,16H2,1-6H3,(H,23,24);1H. The van der Waals surface area contributed by atoms with Gasteiger partial charge in [-0.1, -0.05) is 13.0 Å². The van der Waals surface area contributed by atoms with Crippen molar-refractivity contribution in [3.63, 3.8) is 0 Å². The zero-order valence-electron chi connectivity index (χ0n) is 18.9. The number of nitrogens with zero attached hydrogens (tertiary/aromatic N) is 3. The molecule has 29 heavy (non-hydrogen) atoms. The largest absolute Gasteiger partial charge is 0.493 e. The van der Waals surface area contributed by atoms with E-state index < -0.39 is 0 Å². The first kappa shape index (κ1) is 25.8. The predicted molar refractivity (Wildman–Crippen MR) is 132 cm³/mol. The minimum atomic E-state index is 0. The maximum atomic E-state index is 5.40. The molecule has 166 valence electrons. The molecule has 1 aromatic carbocycles. The molecule has 1 fully saturated rings. The van der Waals surface area contributed by atoms with E-state index in [0.717, 1.165) is 42.9 Å². The molecule has 0 amide bonds. The van der Waals surface area contributed by atoms with Gasteiger partial charge in [0.2, 0.25) is 0 Å². The van der Waals surface area contributed by atoms with Gasteiger partial charge in [-0.15, -0.1) is 24.0 Å². The molecule has 0 aromatic heterocycles. The number of aliphatic imine (C=N–C) groups is 1. The van der Waals surface area contributed by atoms with Gasteiger partial charge in [0, 0.05) is 33.2 Å². The zero-order chi connectivity index (χ0) is 20.5. The molecule has 1 unspecified atom stereocenters. The van der Waals surface area contributed by atoms with Crippen LogP contribution in [0.1, 0.15) is 32.3 Å². The zero-order valence-corrected chi connectivity index (χ0v) is 21.2. The van der Waals surface area contributed by atoms with Crippen LogP contribution >= 0.6 is 24.0 Å². The number of hydrogen-bond acceptors (Lipinski definition) is 4. The molecule has 2 rings (SSSR count). The highest BCUT2D eigenvalue weighted by Crippen LogP contribution is 2.27. The number of benzene rings is 1. The van der Waals surface area contributed by atoms with Gasteiger partial charge in [-0.25, -0.2) is 0 Å². The number of rotatable bonds is 8. The van der Waals surface area contributed by atoms with Crippen LogP contribution in [0.25, 0.3) is 0 Å². The predicted octanol–water partition coefficient (Wildman–Crippen LogP) is 3.49. The number of ether oxygens (including phenoxy) is 2. The molecule has 1 saturated heterocycles. The topological polar surface area (TPSA) is 49.3 Å². The van der Waals surface area contributed by atoms with E-state index in [1.807, 2.05) is 19.2 Å². The third kappa shape index (κ3) is 7.85. The van der Waals surface area contributed by atoms with E-state index in [-0.39, 0.29) is 24.0 Å². The maximum Gasteiger partial charge on any atom is 0.193 e. The summed E-state index contributed by atoms with van der Waals surface area (Å²) in [7, 11) is 7.27. The highest BCUT2D eigenvalue weighted by atomic mass is 127. The van der Waals surface area contributed by atoms with Gasteiger partial charge >= 0.3 is 0 Å². The fourth-order valence-corrected chi connectivity index (χ4v) is 3.66. The number of guanidine groups is 1. The fourth-order valence-electron chi connectivity index (χ4n) is 3.66. The molecule has 1 aromatic rings. The summed E-state index contributed by atoms with van der Waals surface area (Å²) in [6.45, 7) is 8.87. The highest BCUT2D eigenvalue weighted by molar-refractivity contribution is 14.0. The van der Waals surface area contributed by atoms with Crippen molar-refractivity contribution in [2.24, 2.45) is 10.9 Å². The second-order valence-electron chi connectivity index (χ2n) is 7.86.